The van der Waals surface area contributed by atoms with Crippen LogP contribution in [0.25, 0.3) is 0 Å². The number of carbonyl (C=O) groups is 2. The van der Waals surface area contributed by atoms with E-state index in [4.69, 9.17) is 5.11 Å². The molecule has 0 spiro atoms. The van der Waals surface area contributed by atoms with Gasteiger partial charge in [-0.3, -0.25) is 9.78 Å². The van der Waals surface area contributed by atoms with E-state index < -0.39 is 23.7 Å². The van der Waals surface area contributed by atoms with Gasteiger partial charge in [0.2, 0.25) is 0 Å². The van der Waals surface area contributed by atoms with Crippen molar-refractivity contribution in [1.82, 2.24) is 9.88 Å². The Labute approximate surface area is 109 Å². The molecule has 2 N–H and O–H groups in total. The summed E-state index contributed by atoms with van der Waals surface area (Å²) in [6.45, 7) is 0.621. The predicted octanol–water partition coefficient (Wildman–Crippen LogP) is 1.55. The number of rotatable bonds is 2. The number of carboxylic acid groups (broad SMARTS) is 1. The fourth-order valence-electron chi connectivity index (χ4n) is 2.03. The molecule has 2 heterocycles. The van der Waals surface area contributed by atoms with Crippen LogP contribution in [0.1, 0.15) is 12.8 Å². The summed E-state index contributed by atoms with van der Waals surface area (Å²) in [5.74, 6) is -2.09. The zero-order valence-corrected chi connectivity index (χ0v) is 10.2. The summed E-state index contributed by atoms with van der Waals surface area (Å²) < 4.78 is 13.3. The highest BCUT2D eigenvalue weighted by Gasteiger charge is 2.28. The molecular formula is C12H14FN3O3. The molecule has 102 valence electrons. The molecule has 1 saturated heterocycles. The second kappa shape index (κ2) is 5.64. The number of hydrogen-bond donors (Lipinski definition) is 2. The van der Waals surface area contributed by atoms with Crippen molar-refractivity contribution in [3.8, 4) is 0 Å². The van der Waals surface area contributed by atoms with Crippen LogP contribution in [0.5, 0.6) is 0 Å². The molecule has 1 atom stereocenters. The van der Waals surface area contributed by atoms with Crippen molar-refractivity contribution in [3.63, 3.8) is 0 Å². The predicted molar refractivity (Wildman–Crippen MR) is 65.1 cm³/mol. The van der Waals surface area contributed by atoms with E-state index in [1.807, 2.05) is 0 Å². The van der Waals surface area contributed by atoms with Crippen LogP contribution in [-0.4, -0.2) is 40.1 Å². The van der Waals surface area contributed by atoms with E-state index in [1.54, 1.807) is 0 Å². The third-order valence-corrected chi connectivity index (χ3v) is 3.07. The second-order valence-electron chi connectivity index (χ2n) is 4.41. The minimum absolute atomic E-state index is 0.0393. The number of nitrogens with zero attached hydrogens (tertiary/aromatic N) is 2. The number of carbonyl (C=O) groups excluding carboxylic acids is 1. The number of pyridine rings is 1. The minimum atomic E-state index is -0.910. The molecule has 1 aromatic heterocycles. The van der Waals surface area contributed by atoms with Gasteiger partial charge in [-0.25, -0.2) is 9.18 Å². The molecule has 1 fully saturated rings. The molecule has 7 heteroatoms. The van der Waals surface area contributed by atoms with E-state index >= 15 is 0 Å². The summed E-state index contributed by atoms with van der Waals surface area (Å²) in [6, 6.07) is 0.863. The maximum absolute atomic E-state index is 13.3. The molecule has 0 saturated carbocycles. The van der Waals surface area contributed by atoms with Crippen LogP contribution < -0.4 is 5.32 Å². The molecule has 0 aliphatic carbocycles. The number of aliphatic carboxylic acids is 1. The molecule has 0 radical (unpaired) electrons. The van der Waals surface area contributed by atoms with Crippen LogP contribution in [0.2, 0.25) is 0 Å². The summed E-state index contributed by atoms with van der Waals surface area (Å²) in [6.07, 6.45) is 3.56. The van der Waals surface area contributed by atoms with Crippen LogP contribution in [0, 0.1) is 11.7 Å². The van der Waals surface area contributed by atoms with Gasteiger partial charge in [-0.1, -0.05) is 0 Å². The van der Waals surface area contributed by atoms with Gasteiger partial charge in [0.25, 0.3) is 0 Å². The maximum Gasteiger partial charge on any atom is 0.321 e. The Morgan fingerprint density at radius 1 is 1.53 bits per heavy atom. The number of nitrogens with one attached hydrogen (secondary N) is 1. The second-order valence-corrected chi connectivity index (χ2v) is 4.41. The van der Waals surface area contributed by atoms with Gasteiger partial charge in [0.15, 0.2) is 5.82 Å². The topological polar surface area (TPSA) is 82.5 Å². The fourth-order valence-corrected chi connectivity index (χ4v) is 2.03. The molecule has 1 aromatic rings. The monoisotopic (exact) mass is 267 g/mol. The summed E-state index contributed by atoms with van der Waals surface area (Å²) in [5, 5.41) is 11.4. The standard InChI is InChI=1S/C12H14FN3O3/c13-9-6-14-4-3-10(9)15-12(19)16-5-1-2-8(7-16)11(17)18/h3-4,6,8H,1-2,5,7H2,(H,17,18)(H,14,15,19). The van der Waals surface area contributed by atoms with Crippen molar-refractivity contribution in [1.29, 1.82) is 0 Å². The van der Waals surface area contributed by atoms with Gasteiger partial charge in [-0.2, -0.15) is 0 Å². The number of aromatic nitrogens is 1. The Bertz CT molecular complexity index is 495. The van der Waals surface area contributed by atoms with E-state index in [9.17, 15) is 14.0 Å². The Hall–Kier alpha value is -2.18. The summed E-state index contributed by atoms with van der Waals surface area (Å²) in [4.78, 5) is 27.8. The summed E-state index contributed by atoms with van der Waals surface area (Å²) >= 11 is 0. The van der Waals surface area contributed by atoms with Crippen molar-refractivity contribution >= 4 is 17.7 Å². The van der Waals surface area contributed by atoms with Gasteiger partial charge >= 0.3 is 12.0 Å². The number of urea groups is 1. The summed E-state index contributed by atoms with van der Waals surface area (Å²) in [7, 11) is 0. The molecular weight excluding hydrogens is 253 g/mol. The number of piperidine rings is 1. The molecule has 1 aliphatic heterocycles. The van der Waals surface area contributed by atoms with Gasteiger partial charge in [-0.15, -0.1) is 0 Å². The van der Waals surface area contributed by atoms with Crippen LogP contribution in [0.4, 0.5) is 14.9 Å². The molecule has 19 heavy (non-hydrogen) atoms. The minimum Gasteiger partial charge on any atom is -0.481 e. The largest absolute Gasteiger partial charge is 0.481 e. The molecule has 6 nitrogen and oxygen atoms in total. The average Bonchev–Trinajstić information content (AvgIpc) is 2.41. The van der Waals surface area contributed by atoms with Crippen molar-refractivity contribution < 1.29 is 19.1 Å². The molecule has 0 aromatic carbocycles. The van der Waals surface area contributed by atoms with Gasteiger partial charge in [0.05, 0.1) is 17.8 Å². The highest BCUT2D eigenvalue weighted by atomic mass is 19.1. The van der Waals surface area contributed by atoms with Gasteiger partial charge < -0.3 is 15.3 Å². The van der Waals surface area contributed by atoms with E-state index in [1.165, 1.54) is 17.2 Å². The average molecular weight is 267 g/mol. The zero-order valence-electron chi connectivity index (χ0n) is 10.2. The first-order valence-electron chi connectivity index (χ1n) is 5.96. The van der Waals surface area contributed by atoms with Crippen molar-refractivity contribution in [3.05, 3.63) is 24.3 Å². The van der Waals surface area contributed by atoms with E-state index in [0.29, 0.717) is 19.4 Å². The van der Waals surface area contributed by atoms with Crippen molar-refractivity contribution in [2.24, 2.45) is 5.92 Å². The molecule has 2 amide bonds. The summed E-state index contributed by atoms with van der Waals surface area (Å²) in [5.41, 5.74) is 0.0393. The first kappa shape index (κ1) is 13.3. The van der Waals surface area contributed by atoms with Crippen LogP contribution in [-0.2, 0) is 4.79 Å². The Kier molecular flexibility index (Phi) is 3.94. The lowest BCUT2D eigenvalue weighted by molar-refractivity contribution is -0.143. The number of anilines is 1. The lowest BCUT2D eigenvalue weighted by Crippen LogP contribution is -2.44. The number of likely N-dealkylation sites (tertiary alicyclic amines) is 1. The van der Waals surface area contributed by atoms with Crippen molar-refractivity contribution in [2.75, 3.05) is 18.4 Å². The molecule has 2 rings (SSSR count). The number of hydrogen-bond acceptors (Lipinski definition) is 3. The van der Waals surface area contributed by atoms with Gasteiger partial charge in [-0.05, 0) is 18.9 Å². The Morgan fingerprint density at radius 2 is 2.32 bits per heavy atom. The van der Waals surface area contributed by atoms with Crippen LogP contribution in [0.3, 0.4) is 0 Å². The van der Waals surface area contributed by atoms with Gasteiger partial charge in [0, 0.05) is 19.3 Å². The Morgan fingerprint density at radius 3 is 3.00 bits per heavy atom. The lowest BCUT2D eigenvalue weighted by Gasteiger charge is -2.30. The van der Waals surface area contributed by atoms with E-state index in [-0.39, 0.29) is 12.2 Å². The highest BCUT2D eigenvalue weighted by Crippen LogP contribution is 2.18. The lowest BCUT2D eigenvalue weighted by atomic mass is 9.99. The third-order valence-electron chi connectivity index (χ3n) is 3.07. The third kappa shape index (κ3) is 3.18. The quantitative estimate of drug-likeness (QED) is 0.851. The number of amides is 2. The number of carboxylic acids is 1. The molecule has 1 unspecified atom stereocenters. The zero-order chi connectivity index (χ0) is 13.8. The number of halogens is 1. The van der Waals surface area contributed by atoms with Crippen molar-refractivity contribution in [2.45, 2.75) is 12.8 Å². The first-order valence-corrected chi connectivity index (χ1v) is 5.96. The highest BCUT2D eigenvalue weighted by molar-refractivity contribution is 5.89. The molecule has 1 aliphatic rings. The fraction of sp³-hybridized carbons (Fsp3) is 0.417. The first-order chi connectivity index (χ1) is 9.08. The smallest absolute Gasteiger partial charge is 0.321 e. The van der Waals surface area contributed by atoms with Crippen LogP contribution >= 0.6 is 0 Å². The normalized spacial score (nSPS) is 19.0. The Balaban J connectivity index is 2.00. The SMILES string of the molecule is O=C(O)C1CCCN(C(=O)Nc2ccncc2F)C1. The van der Waals surface area contributed by atoms with E-state index in [2.05, 4.69) is 10.3 Å². The van der Waals surface area contributed by atoms with Crippen LogP contribution in [0.15, 0.2) is 18.5 Å². The maximum atomic E-state index is 13.3. The van der Waals surface area contributed by atoms with Gasteiger partial charge in [0.1, 0.15) is 0 Å². The van der Waals surface area contributed by atoms with E-state index in [0.717, 1.165) is 6.20 Å². The molecule has 0 bridgehead atoms.